The quantitative estimate of drug-likeness (QED) is 0.154. The number of aliphatic imine (C=N–C) groups is 3. The summed E-state index contributed by atoms with van der Waals surface area (Å²) in [4.78, 5) is 14.2. The normalized spacial score (nSPS) is 19.3. The molecule has 0 aromatic heterocycles. The lowest BCUT2D eigenvalue weighted by atomic mass is 9.98. The number of nitrogens with zero attached hydrogens (tertiary/aromatic N) is 3. The summed E-state index contributed by atoms with van der Waals surface area (Å²) in [6.07, 6.45) is 1.88. The summed E-state index contributed by atoms with van der Waals surface area (Å²) in [7, 11) is 0. The highest BCUT2D eigenvalue weighted by Crippen LogP contribution is 2.40. The van der Waals surface area contributed by atoms with Gasteiger partial charge >= 0.3 is 0 Å². The van der Waals surface area contributed by atoms with Gasteiger partial charge in [0.15, 0.2) is 11.5 Å². The fourth-order valence-electron chi connectivity index (χ4n) is 3.02. The molecule has 0 amide bonds. The van der Waals surface area contributed by atoms with Crippen molar-refractivity contribution in [3.05, 3.63) is 24.3 Å². The third-order valence-electron chi connectivity index (χ3n) is 4.51. The van der Waals surface area contributed by atoms with Gasteiger partial charge in [0.1, 0.15) is 18.5 Å². The van der Waals surface area contributed by atoms with Gasteiger partial charge < -0.3 is 25.5 Å². The molecule has 4 N–H and O–H groups in total. The number of fused-ring (bicyclic) bond motifs is 1. The van der Waals surface area contributed by atoms with E-state index in [9.17, 15) is 8.76 Å². The number of rotatable bonds is 8. The fraction of sp³-hybridized carbons (Fsp3) is 0.421. The van der Waals surface area contributed by atoms with Crippen molar-refractivity contribution in [1.82, 2.24) is 0 Å². The Balaban J connectivity index is 1.70. The van der Waals surface area contributed by atoms with Crippen molar-refractivity contribution < 1.29 is 18.2 Å². The van der Waals surface area contributed by atoms with Crippen LogP contribution in [0.2, 0.25) is 0 Å². The number of unbranched alkanes of at least 4 members (excludes halogenated alkanes) is 1. The summed E-state index contributed by atoms with van der Waals surface area (Å²) < 4.78 is 32.1. The molecule has 30 heavy (non-hydrogen) atoms. The topological polar surface area (TPSA) is 148 Å². The van der Waals surface area contributed by atoms with Gasteiger partial charge in [-0.3, -0.25) is 14.2 Å². The number of thioether (sulfide) groups is 1. The molecular weight excluding hydrogens is 426 g/mol. The highest BCUT2D eigenvalue weighted by Gasteiger charge is 2.25. The minimum Gasteiger partial charge on any atom is -0.772 e. The number of anilines is 1. The molecule has 2 aliphatic rings. The average Bonchev–Trinajstić information content (AvgIpc) is 3.13. The third kappa shape index (κ3) is 5.61. The van der Waals surface area contributed by atoms with Gasteiger partial charge in [0.05, 0.1) is 10.8 Å². The molecule has 162 valence electrons. The number of ether oxygens (including phenoxy) is 2. The summed E-state index contributed by atoms with van der Waals surface area (Å²) in [6, 6.07) is 3.04. The third-order valence-corrected chi connectivity index (χ3v) is 6.11. The largest absolute Gasteiger partial charge is 0.772 e. The van der Waals surface area contributed by atoms with Crippen LogP contribution >= 0.6 is 11.8 Å². The lowest BCUT2D eigenvalue weighted by Gasteiger charge is -2.21. The van der Waals surface area contributed by atoms with E-state index in [1.807, 2.05) is 13.0 Å². The van der Waals surface area contributed by atoms with E-state index in [1.54, 1.807) is 6.07 Å². The van der Waals surface area contributed by atoms with Gasteiger partial charge in [0.2, 0.25) is 6.79 Å². The van der Waals surface area contributed by atoms with Crippen LogP contribution in [0.5, 0.6) is 11.5 Å². The molecular formula is C19H24N5O4S2-. The Hall–Kier alpha value is -2.37. The van der Waals surface area contributed by atoms with Gasteiger partial charge in [-0.25, -0.2) is 4.99 Å². The lowest BCUT2D eigenvalue weighted by molar-refractivity contribution is 0.174. The maximum atomic E-state index is 10.7. The van der Waals surface area contributed by atoms with Crippen molar-refractivity contribution in [2.75, 3.05) is 24.9 Å². The van der Waals surface area contributed by atoms with Gasteiger partial charge in [-0.15, -0.1) is 0 Å². The maximum absolute atomic E-state index is 10.7. The molecule has 0 fully saturated rings. The Labute approximate surface area is 182 Å². The van der Waals surface area contributed by atoms with Crippen LogP contribution in [0.25, 0.3) is 0 Å². The molecule has 0 saturated heterocycles. The van der Waals surface area contributed by atoms with E-state index >= 15 is 0 Å². The van der Waals surface area contributed by atoms with Gasteiger partial charge in [0, 0.05) is 28.5 Å². The second-order valence-corrected chi connectivity index (χ2v) is 8.98. The van der Waals surface area contributed by atoms with Gasteiger partial charge in [0.25, 0.3) is 0 Å². The van der Waals surface area contributed by atoms with Crippen LogP contribution in [-0.2, 0) is 11.1 Å². The molecule has 0 radical (unpaired) electrons. The molecule has 0 bridgehead atoms. The predicted octanol–water partition coefficient (Wildman–Crippen LogP) is 2.25. The zero-order chi connectivity index (χ0) is 21.7. The minimum atomic E-state index is -2.03. The molecule has 0 spiro atoms. The number of benzene rings is 1. The SMILES string of the molecule is C=C(CCCCS(=O)[O-])C1=NCN=C(N)C1N=C(C)Sc1cc2c(cc1N)OCO2. The monoisotopic (exact) mass is 450 g/mol. The lowest BCUT2D eigenvalue weighted by Crippen LogP contribution is -2.38. The van der Waals surface area contributed by atoms with Gasteiger partial charge in [-0.2, -0.15) is 0 Å². The summed E-state index contributed by atoms with van der Waals surface area (Å²) in [5.74, 6) is 1.78. The van der Waals surface area contributed by atoms with Crippen LogP contribution in [0.1, 0.15) is 26.2 Å². The molecule has 0 aliphatic carbocycles. The van der Waals surface area contributed by atoms with Crippen molar-refractivity contribution in [1.29, 1.82) is 0 Å². The van der Waals surface area contributed by atoms with E-state index in [-0.39, 0.29) is 19.2 Å². The molecule has 1 aromatic rings. The smallest absolute Gasteiger partial charge is 0.231 e. The Morgan fingerprint density at radius 2 is 2.07 bits per heavy atom. The molecule has 3 rings (SSSR count). The molecule has 1 aromatic carbocycles. The van der Waals surface area contributed by atoms with Gasteiger partial charge in [-0.1, -0.05) is 29.4 Å². The standard InChI is InChI=1S/C19H25N5O4S2/c1-11(5-3-4-6-30(25)26)17-18(19(21)23-9-22-17)24-12(2)29-16-8-15-14(7-13(16)20)27-10-28-15/h7-8,18H,1,3-6,9-10,20H2,2H3,(H2,21,23)(H,25,26)/p-1. The molecule has 9 nitrogen and oxygen atoms in total. The van der Waals surface area contributed by atoms with Crippen molar-refractivity contribution in [2.24, 2.45) is 20.7 Å². The van der Waals surface area contributed by atoms with Crippen LogP contribution in [0.15, 0.2) is 44.2 Å². The van der Waals surface area contributed by atoms with Crippen molar-refractivity contribution >= 4 is 45.1 Å². The highest BCUT2D eigenvalue weighted by molar-refractivity contribution is 8.14. The number of nitrogen functional groups attached to an aromatic ring is 1. The minimum absolute atomic E-state index is 0.137. The van der Waals surface area contributed by atoms with E-state index in [0.29, 0.717) is 48.0 Å². The number of amidine groups is 1. The first-order chi connectivity index (χ1) is 14.3. The van der Waals surface area contributed by atoms with Crippen LogP contribution < -0.4 is 20.9 Å². The molecule has 2 atom stereocenters. The molecule has 2 heterocycles. The van der Waals surface area contributed by atoms with E-state index in [2.05, 4.69) is 16.6 Å². The van der Waals surface area contributed by atoms with Crippen molar-refractivity contribution in [3.63, 3.8) is 0 Å². The van der Waals surface area contributed by atoms with E-state index < -0.39 is 17.1 Å². The average molecular weight is 451 g/mol. The molecule has 2 unspecified atom stereocenters. The van der Waals surface area contributed by atoms with Gasteiger partial charge in [-0.05, 0) is 31.8 Å². The summed E-state index contributed by atoms with van der Waals surface area (Å²) in [5.41, 5.74) is 14.3. The van der Waals surface area contributed by atoms with E-state index in [0.717, 1.165) is 15.5 Å². The van der Waals surface area contributed by atoms with Crippen molar-refractivity contribution in [2.45, 2.75) is 37.1 Å². The van der Waals surface area contributed by atoms with Crippen LogP contribution in [0.4, 0.5) is 5.69 Å². The molecule has 11 heteroatoms. The van der Waals surface area contributed by atoms with Crippen molar-refractivity contribution in [3.8, 4) is 11.5 Å². The summed E-state index contributed by atoms with van der Waals surface area (Å²) >= 11 is -0.632. The second kappa shape index (κ2) is 10.1. The Bertz CT molecular complexity index is 945. The Kier molecular flexibility index (Phi) is 7.51. The summed E-state index contributed by atoms with van der Waals surface area (Å²) in [6.45, 7) is 6.38. The molecule has 0 saturated carbocycles. The zero-order valence-electron chi connectivity index (χ0n) is 16.6. The second-order valence-electron chi connectivity index (χ2n) is 6.73. The maximum Gasteiger partial charge on any atom is 0.231 e. The summed E-state index contributed by atoms with van der Waals surface area (Å²) in [5, 5.41) is 0.730. The fourth-order valence-corrected chi connectivity index (χ4v) is 4.28. The number of hydrogen-bond donors (Lipinski definition) is 2. The van der Waals surface area contributed by atoms with Crippen LogP contribution in [0, 0.1) is 0 Å². The highest BCUT2D eigenvalue weighted by atomic mass is 32.2. The Morgan fingerprint density at radius 3 is 2.80 bits per heavy atom. The zero-order valence-corrected chi connectivity index (χ0v) is 18.3. The number of nitrogens with two attached hydrogens (primary N) is 2. The van der Waals surface area contributed by atoms with Crippen LogP contribution in [-0.4, -0.2) is 50.6 Å². The first kappa shape index (κ1) is 22.3. The van der Waals surface area contributed by atoms with Crippen LogP contribution in [0.3, 0.4) is 0 Å². The van der Waals surface area contributed by atoms with E-state index in [4.69, 9.17) is 25.9 Å². The van der Waals surface area contributed by atoms with E-state index in [1.165, 1.54) is 11.8 Å². The first-order valence-electron chi connectivity index (χ1n) is 9.34. The predicted molar refractivity (Wildman–Crippen MR) is 120 cm³/mol. The Morgan fingerprint density at radius 1 is 1.33 bits per heavy atom. The molecule has 2 aliphatic heterocycles. The first-order valence-corrected chi connectivity index (χ1v) is 11.4. The number of hydrogen-bond acceptors (Lipinski definition) is 10.